The van der Waals surface area contributed by atoms with Crippen LogP contribution in [-0.2, 0) is 23.7 Å². The monoisotopic (exact) mass is 1110 g/mol. The van der Waals surface area contributed by atoms with Crippen molar-refractivity contribution in [3.8, 4) is 0 Å². The molecule has 0 aromatic heterocycles. The lowest BCUT2D eigenvalue weighted by Gasteiger charge is -2.46. The van der Waals surface area contributed by atoms with Gasteiger partial charge in [-0.05, 0) is 70.6 Å². The van der Waals surface area contributed by atoms with Gasteiger partial charge in [-0.15, -0.1) is 0 Å². The molecule has 78 heavy (non-hydrogen) atoms. The summed E-state index contributed by atoms with van der Waals surface area (Å²) in [5, 5.41) is 87.1. The van der Waals surface area contributed by atoms with Gasteiger partial charge in [0, 0.05) is 6.42 Å². The standard InChI is InChI=1S/C64H117NO13/c1-3-5-7-9-11-13-15-17-19-21-22-23-24-25-26-27-28-29-30-32-34-36-38-40-42-44-46-48-56(69)65-52(53(68)47-45-43-41-39-37-35-33-31-20-18-16-14-12-10-8-6-4-2)51-75-63-61(74)59(72)62(55(50-67)77-63)78-64-60(73)58(71)57(70)54(49-66)76-64/h20-22,31,37,39,45,47,52-55,57-64,66-68,70-74H,3-19,23-30,32-36,38,40-44,46,48-51H2,1-2H3,(H,65,69)/b22-21-,31-20+,39-37+,47-45+. The number of aliphatic hydroxyl groups excluding tert-OH is 8. The molecule has 9 N–H and O–H groups in total. The molecule has 14 nitrogen and oxygen atoms in total. The van der Waals surface area contributed by atoms with Gasteiger partial charge in [0.05, 0.1) is 32.0 Å². The first-order valence-electron chi connectivity index (χ1n) is 31.9. The van der Waals surface area contributed by atoms with Crippen LogP contribution in [0.1, 0.15) is 258 Å². The Morgan fingerprint density at radius 2 is 0.821 bits per heavy atom. The van der Waals surface area contributed by atoms with Crippen molar-refractivity contribution in [3.05, 3.63) is 48.6 Å². The summed E-state index contributed by atoms with van der Waals surface area (Å²) in [6.45, 7) is 2.78. The maximum atomic E-state index is 13.3. The Morgan fingerprint density at radius 3 is 1.26 bits per heavy atom. The molecule has 0 aromatic carbocycles. The van der Waals surface area contributed by atoms with E-state index in [1.807, 2.05) is 6.08 Å². The zero-order chi connectivity index (χ0) is 56.7. The molecule has 1 amide bonds. The van der Waals surface area contributed by atoms with E-state index in [4.69, 9.17) is 18.9 Å². The molecule has 0 aliphatic carbocycles. The number of nitrogens with one attached hydrogen (secondary N) is 1. The van der Waals surface area contributed by atoms with E-state index in [9.17, 15) is 45.6 Å². The summed E-state index contributed by atoms with van der Waals surface area (Å²) in [7, 11) is 0. The molecule has 0 spiro atoms. The van der Waals surface area contributed by atoms with Crippen molar-refractivity contribution >= 4 is 5.91 Å². The highest BCUT2D eigenvalue weighted by Crippen LogP contribution is 2.30. The second-order valence-electron chi connectivity index (χ2n) is 22.5. The number of carbonyl (C=O) groups excluding carboxylic acids is 1. The largest absolute Gasteiger partial charge is 0.394 e. The third-order valence-corrected chi connectivity index (χ3v) is 15.5. The summed E-state index contributed by atoms with van der Waals surface area (Å²) in [6, 6.07) is -0.938. The fraction of sp³-hybridized carbons (Fsp3) is 0.859. The quantitative estimate of drug-likeness (QED) is 0.0204. The highest BCUT2D eigenvalue weighted by Gasteiger charge is 2.51. The molecule has 2 rings (SSSR count). The van der Waals surface area contributed by atoms with Gasteiger partial charge in [0.25, 0.3) is 0 Å². The second kappa shape index (κ2) is 49.5. The SMILES string of the molecule is CCCCCCCCC/C=C/CC/C=C/CC/C=C/C(O)C(COC1OC(CO)C(OC2OC(CO)C(O)C(O)C2O)C(O)C1O)NC(=O)CCCCCCCCCCCCCCCCC/C=C\CCCCCCCCCC. The summed E-state index contributed by atoms with van der Waals surface area (Å²) in [6.07, 6.45) is 45.9. The van der Waals surface area contributed by atoms with Gasteiger partial charge in [0.2, 0.25) is 5.91 Å². The van der Waals surface area contributed by atoms with Gasteiger partial charge >= 0.3 is 0 Å². The minimum absolute atomic E-state index is 0.251. The molecule has 0 bridgehead atoms. The maximum absolute atomic E-state index is 13.3. The molecule has 12 unspecified atom stereocenters. The average Bonchev–Trinajstić information content (AvgIpc) is 3.48. The van der Waals surface area contributed by atoms with E-state index >= 15 is 0 Å². The number of ether oxygens (including phenoxy) is 4. The Hall–Kier alpha value is -2.05. The van der Waals surface area contributed by atoms with Gasteiger partial charge in [0.1, 0.15) is 48.8 Å². The van der Waals surface area contributed by atoms with Gasteiger partial charge in [-0.3, -0.25) is 4.79 Å². The fourth-order valence-corrected chi connectivity index (χ4v) is 10.3. The molecule has 0 aromatic rings. The molecular formula is C64H117NO13. The number of amides is 1. The van der Waals surface area contributed by atoms with Gasteiger partial charge in [-0.2, -0.15) is 0 Å². The molecule has 2 aliphatic rings. The minimum atomic E-state index is -1.79. The van der Waals surface area contributed by atoms with E-state index in [0.717, 1.165) is 44.9 Å². The number of rotatable bonds is 51. The minimum Gasteiger partial charge on any atom is -0.394 e. The molecule has 456 valence electrons. The van der Waals surface area contributed by atoms with Crippen molar-refractivity contribution in [1.29, 1.82) is 0 Å². The van der Waals surface area contributed by atoms with E-state index in [0.29, 0.717) is 12.8 Å². The summed E-state index contributed by atoms with van der Waals surface area (Å²) in [5.41, 5.74) is 0. The van der Waals surface area contributed by atoms with Crippen LogP contribution < -0.4 is 5.32 Å². The summed E-state index contributed by atoms with van der Waals surface area (Å²) in [4.78, 5) is 13.3. The van der Waals surface area contributed by atoms with Crippen molar-refractivity contribution in [2.24, 2.45) is 0 Å². The predicted molar refractivity (Wildman–Crippen MR) is 314 cm³/mol. The first-order chi connectivity index (χ1) is 38.1. The van der Waals surface area contributed by atoms with E-state index < -0.39 is 86.8 Å². The summed E-state index contributed by atoms with van der Waals surface area (Å²) in [5.74, 6) is -0.251. The summed E-state index contributed by atoms with van der Waals surface area (Å²) >= 11 is 0. The molecule has 2 heterocycles. The molecule has 2 saturated heterocycles. The van der Waals surface area contributed by atoms with Crippen LogP contribution >= 0.6 is 0 Å². The normalized spacial score (nSPS) is 24.8. The lowest BCUT2D eigenvalue weighted by molar-refractivity contribution is -0.359. The smallest absolute Gasteiger partial charge is 0.220 e. The molecule has 0 saturated carbocycles. The van der Waals surface area contributed by atoms with E-state index in [-0.39, 0.29) is 18.9 Å². The van der Waals surface area contributed by atoms with Crippen LogP contribution in [0.2, 0.25) is 0 Å². The average molecular weight is 1110 g/mol. The number of unbranched alkanes of at least 4 members (excludes halogenated alkanes) is 32. The highest BCUT2D eigenvalue weighted by molar-refractivity contribution is 5.76. The topological polar surface area (TPSA) is 228 Å². The molecule has 2 fully saturated rings. The van der Waals surface area contributed by atoms with E-state index in [1.54, 1.807) is 6.08 Å². The Labute approximate surface area is 473 Å². The summed E-state index contributed by atoms with van der Waals surface area (Å²) < 4.78 is 22.8. The maximum Gasteiger partial charge on any atom is 0.220 e. The Bertz CT molecular complexity index is 1490. The Kier molecular flexibility index (Phi) is 45.8. The van der Waals surface area contributed by atoms with Gasteiger partial charge in [0.15, 0.2) is 12.6 Å². The lowest BCUT2D eigenvalue weighted by Crippen LogP contribution is -2.65. The number of carbonyl (C=O) groups is 1. The van der Waals surface area contributed by atoms with Gasteiger partial charge in [-0.1, -0.05) is 229 Å². The van der Waals surface area contributed by atoms with Crippen LogP contribution in [0.5, 0.6) is 0 Å². The molecule has 0 radical (unpaired) electrons. The zero-order valence-electron chi connectivity index (χ0n) is 49.2. The number of hydrogen-bond donors (Lipinski definition) is 9. The third-order valence-electron chi connectivity index (χ3n) is 15.5. The molecule has 12 atom stereocenters. The lowest BCUT2D eigenvalue weighted by atomic mass is 9.97. The molecule has 2 aliphatic heterocycles. The van der Waals surface area contributed by atoms with Crippen LogP contribution in [0.3, 0.4) is 0 Å². The van der Waals surface area contributed by atoms with Crippen LogP contribution in [0.15, 0.2) is 48.6 Å². The third kappa shape index (κ3) is 34.4. The van der Waals surface area contributed by atoms with Crippen molar-refractivity contribution in [2.45, 2.75) is 331 Å². The van der Waals surface area contributed by atoms with E-state index in [2.05, 4.69) is 55.6 Å². The predicted octanol–water partition coefficient (Wildman–Crippen LogP) is 11.6. The van der Waals surface area contributed by atoms with E-state index in [1.165, 1.54) is 180 Å². The van der Waals surface area contributed by atoms with Crippen LogP contribution in [0.4, 0.5) is 0 Å². The van der Waals surface area contributed by atoms with Gasteiger partial charge < -0.3 is 65.1 Å². The van der Waals surface area contributed by atoms with Crippen molar-refractivity contribution in [3.63, 3.8) is 0 Å². The number of aliphatic hydroxyl groups is 8. The Morgan fingerprint density at radius 1 is 0.449 bits per heavy atom. The molecule has 14 heteroatoms. The second-order valence-corrected chi connectivity index (χ2v) is 22.5. The zero-order valence-corrected chi connectivity index (χ0v) is 49.2. The Balaban J connectivity index is 1.72. The van der Waals surface area contributed by atoms with Crippen molar-refractivity contribution in [1.82, 2.24) is 5.32 Å². The number of hydrogen-bond acceptors (Lipinski definition) is 13. The first-order valence-corrected chi connectivity index (χ1v) is 31.9. The number of allylic oxidation sites excluding steroid dienone is 7. The molecular weight excluding hydrogens is 991 g/mol. The van der Waals surface area contributed by atoms with Crippen molar-refractivity contribution in [2.75, 3.05) is 19.8 Å². The van der Waals surface area contributed by atoms with Gasteiger partial charge in [-0.25, -0.2) is 0 Å². The van der Waals surface area contributed by atoms with Crippen LogP contribution in [-0.4, -0.2) is 140 Å². The fourth-order valence-electron chi connectivity index (χ4n) is 10.3. The highest BCUT2D eigenvalue weighted by atomic mass is 16.7. The van der Waals surface area contributed by atoms with Crippen LogP contribution in [0.25, 0.3) is 0 Å². The first kappa shape index (κ1) is 72.1. The van der Waals surface area contributed by atoms with Crippen LogP contribution in [0, 0.1) is 0 Å². The van der Waals surface area contributed by atoms with Crippen molar-refractivity contribution < 1.29 is 64.6 Å².